The van der Waals surface area contributed by atoms with Crippen LogP contribution in [0.5, 0.6) is 0 Å². The van der Waals surface area contributed by atoms with E-state index in [2.05, 4.69) is 18.6 Å². The average Bonchev–Trinajstić information content (AvgIpc) is 3.05. The summed E-state index contributed by atoms with van der Waals surface area (Å²) in [5.41, 5.74) is 0.974. The lowest BCUT2D eigenvalue weighted by molar-refractivity contribution is -0.133. The normalized spacial score (nSPS) is 42.1. The number of unbranched alkanes of at least 4 members (excludes halogenated alkanes) is 1. The average molecular weight is 421 g/mol. The zero-order chi connectivity index (χ0) is 21.9. The lowest BCUT2D eigenvalue weighted by Gasteiger charge is -2.60. The Labute approximate surface area is 183 Å². The molecule has 0 aromatic rings. The second kappa shape index (κ2) is 9.61. The van der Waals surface area contributed by atoms with Crippen molar-refractivity contribution in [2.75, 3.05) is 6.61 Å². The minimum Gasteiger partial charge on any atom is -0.450 e. The van der Waals surface area contributed by atoms with Crippen molar-refractivity contribution in [3.8, 4) is 0 Å². The van der Waals surface area contributed by atoms with E-state index >= 15 is 0 Å². The van der Waals surface area contributed by atoms with E-state index in [0.717, 1.165) is 36.5 Å². The van der Waals surface area contributed by atoms with E-state index in [-0.39, 0.29) is 0 Å². The lowest BCUT2D eigenvalue weighted by Crippen LogP contribution is -2.53. The highest BCUT2D eigenvalue weighted by Gasteiger charge is 2.60. The fourth-order valence-electron chi connectivity index (χ4n) is 8.27. The molecular weight excluding hydrogens is 376 g/mol. The summed E-state index contributed by atoms with van der Waals surface area (Å²) in [4.78, 5) is 21.8. The molecule has 0 aliphatic heterocycles. The molecule has 4 heteroatoms. The number of ether oxygens (including phenoxy) is 1. The molecule has 4 aliphatic rings. The van der Waals surface area contributed by atoms with E-state index in [1.807, 2.05) is 13.8 Å². The van der Waals surface area contributed by atoms with Crippen LogP contribution in [-0.4, -0.2) is 23.7 Å². The largest absolute Gasteiger partial charge is 0.505 e. The van der Waals surface area contributed by atoms with Crippen molar-refractivity contribution in [3.63, 3.8) is 0 Å². The molecule has 4 nitrogen and oxygen atoms in total. The van der Waals surface area contributed by atoms with Crippen LogP contribution >= 0.6 is 0 Å². The van der Waals surface area contributed by atoms with Gasteiger partial charge in [-0.3, -0.25) is 4.79 Å². The van der Waals surface area contributed by atoms with Gasteiger partial charge in [0, 0.05) is 5.92 Å². The molecule has 0 aromatic carbocycles. The summed E-state index contributed by atoms with van der Waals surface area (Å²) in [7, 11) is 0. The number of fused-ring (bicyclic) bond motifs is 5. The van der Waals surface area contributed by atoms with Gasteiger partial charge in [-0.15, -0.1) is 0 Å². The third kappa shape index (κ3) is 4.43. The molecule has 0 spiro atoms. The molecule has 1 N–H and O–H groups in total. The number of hydrogen-bond donors (Lipinski definition) is 1. The number of carboxylic acid groups (broad SMARTS) is 1. The molecule has 0 heterocycles. The zero-order valence-corrected chi connectivity index (χ0v) is 19.8. The predicted molar refractivity (Wildman–Crippen MR) is 119 cm³/mol. The van der Waals surface area contributed by atoms with Crippen LogP contribution in [0.15, 0.2) is 0 Å². The molecule has 0 radical (unpaired) electrons. The van der Waals surface area contributed by atoms with Crippen LogP contribution < -0.4 is 0 Å². The van der Waals surface area contributed by atoms with Gasteiger partial charge < -0.3 is 9.84 Å². The quantitative estimate of drug-likeness (QED) is 0.389. The van der Waals surface area contributed by atoms with Gasteiger partial charge in [0.05, 0.1) is 6.61 Å². The van der Waals surface area contributed by atoms with Gasteiger partial charge in [-0.05, 0) is 99.2 Å². The molecule has 7 unspecified atom stereocenters. The fraction of sp³-hybridized carbons (Fsp3) is 0.923. The number of rotatable bonds is 4. The van der Waals surface area contributed by atoms with Crippen LogP contribution in [0.25, 0.3) is 0 Å². The second-order valence-electron chi connectivity index (χ2n) is 11.2. The van der Waals surface area contributed by atoms with Crippen molar-refractivity contribution in [2.24, 2.45) is 40.4 Å². The summed E-state index contributed by atoms with van der Waals surface area (Å²) >= 11 is 0. The number of carbonyl (C=O) groups excluding carboxylic acids is 1. The van der Waals surface area contributed by atoms with Gasteiger partial charge in [-0.2, -0.15) is 0 Å². The van der Waals surface area contributed by atoms with Gasteiger partial charge in [-0.25, -0.2) is 4.79 Å². The number of carbonyl (C=O) groups is 2. The van der Waals surface area contributed by atoms with Crippen molar-refractivity contribution >= 4 is 11.9 Å². The lowest BCUT2D eigenvalue weighted by atomic mass is 9.45. The zero-order valence-electron chi connectivity index (χ0n) is 19.8. The molecule has 30 heavy (non-hydrogen) atoms. The molecule has 4 saturated carbocycles. The van der Waals surface area contributed by atoms with Crippen molar-refractivity contribution < 1.29 is 19.4 Å². The van der Waals surface area contributed by atoms with Crippen LogP contribution in [0, 0.1) is 40.4 Å². The first-order valence-corrected chi connectivity index (χ1v) is 12.6. The molecular formula is C26H44O4. The van der Waals surface area contributed by atoms with Gasteiger partial charge >= 0.3 is 6.16 Å². The summed E-state index contributed by atoms with van der Waals surface area (Å²) < 4.78 is 4.20. The Morgan fingerprint density at radius 3 is 2.33 bits per heavy atom. The summed E-state index contributed by atoms with van der Waals surface area (Å²) in [5.74, 6) is 4.60. The highest BCUT2D eigenvalue weighted by Crippen LogP contribution is 2.67. The molecule has 0 aromatic heterocycles. The van der Waals surface area contributed by atoms with Crippen molar-refractivity contribution in [3.05, 3.63) is 0 Å². The molecule has 4 fully saturated rings. The first-order chi connectivity index (χ1) is 14.2. The van der Waals surface area contributed by atoms with E-state index in [1.165, 1.54) is 64.2 Å². The molecule has 7 atom stereocenters. The molecule has 0 amide bonds. The SMILES string of the molecule is CC(=O)C1CCC2C3CCC4CCCCC4(C)C3CCC12C.CCCCOC(=O)O. The van der Waals surface area contributed by atoms with Crippen molar-refractivity contribution in [1.29, 1.82) is 0 Å². The van der Waals surface area contributed by atoms with E-state index in [0.29, 0.717) is 29.1 Å². The van der Waals surface area contributed by atoms with Gasteiger partial charge in [0.15, 0.2) is 0 Å². The Morgan fingerprint density at radius 1 is 0.933 bits per heavy atom. The summed E-state index contributed by atoms with van der Waals surface area (Å²) in [6.45, 7) is 9.27. The van der Waals surface area contributed by atoms with Crippen LogP contribution in [0.1, 0.15) is 105 Å². The standard InChI is InChI=1S/C21H34O.C5H10O3/c1-14(22)17-9-10-18-16-8-7-15-6-4-5-12-20(15,2)19(16)11-13-21(17,18)3;1-2-3-4-8-5(6)7/h15-19H,4-13H2,1-3H3;2-4H2,1H3,(H,6,7). The van der Waals surface area contributed by atoms with E-state index in [4.69, 9.17) is 5.11 Å². The molecule has 0 bridgehead atoms. The topological polar surface area (TPSA) is 63.6 Å². The summed E-state index contributed by atoms with van der Waals surface area (Å²) in [6.07, 6.45) is 14.7. The summed E-state index contributed by atoms with van der Waals surface area (Å²) in [6, 6.07) is 0. The maximum atomic E-state index is 12.2. The third-order valence-corrected chi connectivity index (χ3v) is 9.80. The Morgan fingerprint density at radius 2 is 1.67 bits per heavy atom. The van der Waals surface area contributed by atoms with Gasteiger partial charge in [0.25, 0.3) is 0 Å². The smallest absolute Gasteiger partial charge is 0.450 e. The minimum atomic E-state index is -1.18. The first-order valence-electron chi connectivity index (χ1n) is 12.6. The predicted octanol–water partition coefficient (Wildman–Crippen LogP) is 7.11. The van der Waals surface area contributed by atoms with E-state index in [9.17, 15) is 9.59 Å². The number of hydrogen-bond acceptors (Lipinski definition) is 3. The van der Waals surface area contributed by atoms with Crippen molar-refractivity contribution in [2.45, 2.75) is 105 Å². The fourth-order valence-corrected chi connectivity index (χ4v) is 8.27. The Hall–Kier alpha value is -1.06. The molecule has 0 saturated heterocycles. The van der Waals surface area contributed by atoms with Gasteiger partial charge in [-0.1, -0.05) is 40.0 Å². The highest BCUT2D eigenvalue weighted by atomic mass is 16.7. The van der Waals surface area contributed by atoms with Crippen LogP contribution in [0.2, 0.25) is 0 Å². The molecule has 4 aliphatic carbocycles. The number of Topliss-reactive ketones (excluding diaryl/α,β-unsaturated/α-hetero) is 1. The third-order valence-electron chi connectivity index (χ3n) is 9.80. The van der Waals surface area contributed by atoms with Gasteiger partial charge in [0.1, 0.15) is 5.78 Å². The van der Waals surface area contributed by atoms with Crippen molar-refractivity contribution in [1.82, 2.24) is 0 Å². The first kappa shape index (κ1) is 23.6. The van der Waals surface area contributed by atoms with E-state index in [1.54, 1.807) is 0 Å². The highest BCUT2D eigenvalue weighted by molar-refractivity contribution is 5.79. The Kier molecular flexibility index (Phi) is 7.56. The Balaban J connectivity index is 0.000000275. The van der Waals surface area contributed by atoms with Crippen LogP contribution in [0.4, 0.5) is 4.79 Å². The summed E-state index contributed by atoms with van der Waals surface area (Å²) in [5, 5.41) is 7.92. The maximum absolute atomic E-state index is 12.2. The van der Waals surface area contributed by atoms with Crippen LogP contribution in [0.3, 0.4) is 0 Å². The number of ketones is 1. The maximum Gasteiger partial charge on any atom is 0.505 e. The second-order valence-corrected chi connectivity index (χ2v) is 11.2. The minimum absolute atomic E-state index is 0.325. The van der Waals surface area contributed by atoms with E-state index < -0.39 is 6.16 Å². The van der Waals surface area contributed by atoms with Crippen LogP contribution in [-0.2, 0) is 9.53 Å². The molecule has 4 rings (SSSR count). The Bertz CT molecular complexity index is 616. The monoisotopic (exact) mass is 420 g/mol. The molecule has 172 valence electrons. The van der Waals surface area contributed by atoms with Gasteiger partial charge in [0.2, 0.25) is 0 Å².